The van der Waals surface area contributed by atoms with Crippen molar-refractivity contribution in [2.75, 3.05) is 50.6 Å². The van der Waals surface area contributed by atoms with E-state index in [1.54, 1.807) is 43.6 Å². The van der Waals surface area contributed by atoms with Gasteiger partial charge in [0.05, 0.1) is 26.2 Å². The summed E-state index contributed by atoms with van der Waals surface area (Å²) in [6.07, 6.45) is 1.61. The fourth-order valence-electron chi connectivity index (χ4n) is 3.28. The summed E-state index contributed by atoms with van der Waals surface area (Å²) in [5.41, 5.74) is 1.29. The van der Waals surface area contributed by atoms with Gasteiger partial charge in [0.15, 0.2) is 11.6 Å². The highest BCUT2D eigenvalue weighted by Gasteiger charge is 2.23. The van der Waals surface area contributed by atoms with Crippen LogP contribution in [0.15, 0.2) is 53.1 Å². The van der Waals surface area contributed by atoms with Gasteiger partial charge in [-0.1, -0.05) is 0 Å². The SMILES string of the molecule is COc1ccc(NC(=O)N2CCN(c3ccc(-c4ccco4)nn3)CC2)c(OC)c1. The zero-order valence-corrected chi connectivity index (χ0v) is 16.9. The van der Waals surface area contributed by atoms with Gasteiger partial charge in [0.1, 0.15) is 17.2 Å². The number of anilines is 2. The molecule has 1 N–H and O–H groups in total. The number of carbonyl (C=O) groups is 1. The maximum Gasteiger partial charge on any atom is 0.322 e. The number of piperazine rings is 1. The van der Waals surface area contributed by atoms with Gasteiger partial charge in [0.2, 0.25) is 0 Å². The minimum atomic E-state index is -0.169. The van der Waals surface area contributed by atoms with Crippen molar-refractivity contribution >= 4 is 17.5 Å². The normalized spacial score (nSPS) is 13.8. The summed E-state index contributed by atoms with van der Waals surface area (Å²) in [5.74, 6) is 2.68. The number of methoxy groups -OCH3 is 2. The number of nitrogens with zero attached hydrogens (tertiary/aromatic N) is 4. The molecule has 0 aliphatic carbocycles. The number of aromatic nitrogens is 2. The lowest BCUT2D eigenvalue weighted by Crippen LogP contribution is -2.50. The van der Waals surface area contributed by atoms with Gasteiger partial charge < -0.3 is 29.0 Å². The van der Waals surface area contributed by atoms with Crippen LogP contribution < -0.4 is 19.7 Å². The van der Waals surface area contributed by atoms with E-state index in [0.717, 1.165) is 5.82 Å². The van der Waals surface area contributed by atoms with Crippen molar-refractivity contribution in [3.05, 3.63) is 48.7 Å². The summed E-state index contributed by atoms with van der Waals surface area (Å²) in [6.45, 7) is 2.49. The van der Waals surface area contributed by atoms with E-state index in [1.165, 1.54) is 0 Å². The zero-order chi connectivity index (χ0) is 20.9. The third kappa shape index (κ3) is 4.14. The molecule has 0 saturated carbocycles. The van der Waals surface area contributed by atoms with Crippen LogP contribution in [-0.4, -0.2) is 61.5 Å². The number of ether oxygens (including phenoxy) is 2. The van der Waals surface area contributed by atoms with Crippen LogP contribution in [0.5, 0.6) is 11.5 Å². The Labute approximate surface area is 174 Å². The van der Waals surface area contributed by atoms with Crippen LogP contribution in [0, 0.1) is 0 Å². The Morgan fingerprint density at radius 3 is 2.50 bits per heavy atom. The molecular formula is C21H23N5O4. The van der Waals surface area contributed by atoms with Crippen LogP contribution >= 0.6 is 0 Å². The fraction of sp³-hybridized carbons (Fsp3) is 0.286. The van der Waals surface area contributed by atoms with E-state index in [4.69, 9.17) is 13.9 Å². The van der Waals surface area contributed by atoms with Crippen LogP contribution in [0.4, 0.5) is 16.3 Å². The van der Waals surface area contributed by atoms with E-state index in [1.807, 2.05) is 24.3 Å². The van der Waals surface area contributed by atoms with Crippen LogP contribution in [0.1, 0.15) is 0 Å². The highest BCUT2D eigenvalue weighted by atomic mass is 16.5. The first-order chi connectivity index (χ1) is 14.7. The van der Waals surface area contributed by atoms with E-state index in [-0.39, 0.29) is 6.03 Å². The summed E-state index contributed by atoms with van der Waals surface area (Å²) in [6, 6.07) is 12.6. The lowest BCUT2D eigenvalue weighted by molar-refractivity contribution is 0.208. The van der Waals surface area contributed by atoms with Crippen LogP contribution in [0.2, 0.25) is 0 Å². The summed E-state index contributed by atoms with van der Waals surface area (Å²) in [4.78, 5) is 16.6. The third-order valence-electron chi connectivity index (χ3n) is 4.97. The molecule has 3 aromatic rings. The van der Waals surface area contributed by atoms with Gasteiger partial charge in [0, 0.05) is 32.2 Å². The number of urea groups is 1. The predicted octanol–water partition coefficient (Wildman–Crippen LogP) is 3.11. The molecule has 0 spiro atoms. The highest BCUT2D eigenvalue weighted by molar-refractivity contribution is 5.91. The Bertz CT molecular complexity index is 983. The Kier molecular flexibility index (Phi) is 5.69. The monoisotopic (exact) mass is 409 g/mol. The lowest BCUT2D eigenvalue weighted by atomic mass is 10.2. The molecule has 30 heavy (non-hydrogen) atoms. The van der Waals surface area contributed by atoms with E-state index in [9.17, 15) is 4.79 Å². The second-order valence-electron chi connectivity index (χ2n) is 6.72. The largest absolute Gasteiger partial charge is 0.497 e. The fourth-order valence-corrected chi connectivity index (χ4v) is 3.28. The Morgan fingerprint density at radius 1 is 1.03 bits per heavy atom. The predicted molar refractivity (Wildman–Crippen MR) is 112 cm³/mol. The lowest BCUT2D eigenvalue weighted by Gasteiger charge is -2.35. The molecule has 0 bridgehead atoms. The van der Waals surface area contributed by atoms with E-state index >= 15 is 0 Å². The molecule has 9 heteroatoms. The summed E-state index contributed by atoms with van der Waals surface area (Å²) in [5, 5.41) is 11.5. The van der Waals surface area contributed by atoms with Crippen molar-refractivity contribution in [1.29, 1.82) is 0 Å². The molecule has 2 amide bonds. The highest BCUT2D eigenvalue weighted by Crippen LogP contribution is 2.29. The van der Waals surface area contributed by atoms with Crippen molar-refractivity contribution in [2.45, 2.75) is 0 Å². The Balaban J connectivity index is 1.34. The molecule has 9 nitrogen and oxygen atoms in total. The number of furan rings is 1. The van der Waals surface area contributed by atoms with Crippen LogP contribution in [0.3, 0.4) is 0 Å². The van der Waals surface area contributed by atoms with E-state index in [2.05, 4.69) is 20.4 Å². The molecule has 156 valence electrons. The molecular weight excluding hydrogens is 386 g/mol. The van der Waals surface area contributed by atoms with Gasteiger partial charge in [-0.3, -0.25) is 0 Å². The molecule has 3 heterocycles. The second kappa shape index (κ2) is 8.73. The maximum absolute atomic E-state index is 12.7. The van der Waals surface area contributed by atoms with E-state index in [0.29, 0.717) is 54.8 Å². The summed E-state index contributed by atoms with van der Waals surface area (Å²) >= 11 is 0. The second-order valence-corrected chi connectivity index (χ2v) is 6.72. The number of hydrogen-bond acceptors (Lipinski definition) is 7. The first-order valence-electron chi connectivity index (χ1n) is 9.58. The molecule has 2 aromatic heterocycles. The van der Waals surface area contributed by atoms with Crippen molar-refractivity contribution in [3.8, 4) is 23.0 Å². The van der Waals surface area contributed by atoms with Crippen molar-refractivity contribution in [3.63, 3.8) is 0 Å². The number of benzene rings is 1. The van der Waals surface area contributed by atoms with Crippen LogP contribution in [-0.2, 0) is 0 Å². The molecule has 0 atom stereocenters. The molecule has 1 aromatic carbocycles. The van der Waals surface area contributed by atoms with Crippen molar-refractivity contribution in [1.82, 2.24) is 15.1 Å². The average molecular weight is 409 g/mol. The Hall–Kier alpha value is -3.75. The number of rotatable bonds is 5. The molecule has 1 aliphatic heterocycles. The first kappa shape index (κ1) is 19.6. The van der Waals surface area contributed by atoms with Crippen molar-refractivity contribution in [2.24, 2.45) is 0 Å². The standard InChI is InChI=1S/C21H23N5O4/c1-28-15-5-6-16(19(14-15)29-2)22-21(27)26-11-9-25(10-12-26)20-8-7-17(23-24-20)18-4-3-13-30-18/h3-8,13-14H,9-12H2,1-2H3,(H,22,27). The number of carbonyl (C=O) groups excluding carboxylic acids is 1. The van der Waals surface area contributed by atoms with Crippen LogP contribution in [0.25, 0.3) is 11.5 Å². The minimum Gasteiger partial charge on any atom is -0.497 e. The maximum atomic E-state index is 12.7. The first-order valence-corrected chi connectivity index (χ1v) is 9.58. The molecule has 4 rings (SSSR count). The van der Waals surface area contributed by atoms with Gasteiger partial charge in [0.25, 0.3) is 0 Å². The average Bonchev–Trinajstić information content (AvgIpc) is 3.34. The van der Waals surface area contributed by atoms with Gasteiger partial charge in [-0.15, -0.1) is 10.2 Å². The molecule has 1 saturated heterocycles. The molecule has 0 unspecified atom stereocenters. The summed E-state index contributed by atoms with van der Waals surface area (Å²) < 4.78 is 15.9. The zero-order valence-electron chi connectivity index (χ0n) is 16.9. The van der Waals surface area contributed by atoms with Gasteiger partial charge in [-0.05, 0) is 36.4 Å². The minimum absolute atomic E-state index is 0.169. The molecule has 0 radical (unpaired) electrons. The van der Waals surface area contributed by atoms with Gasteiger partial charge in [-0.2, -0.15) is 0 Å². The number of nitrogens with one attached hydrogen (secondary N) is 1. The molecule has 1 fully saturated rings. The number of amides is 2. The molecule has 1 aliphatic rings. The topological polar surface area (TPSA) is 93.0 Å². The summed E-state index contributed by atoms with van der Waals surface area (Å²) in [7, 11) is 3.14. The van der Waals surface area contributed by atoms with E-state index < -0.39 is 0 Å². The smallest absolute Gasteiger partial charge is 0.322 e. The third-order valence-corrected chi connectivity index (χ3v) is 4.97. The quantitative estimate of drug-likeness (QED) is 0.692. The van der Waals surface area contributed by atoms with Gasteiger partial charge in [-0.25, -0.2) is 4.79 Å². The van der Waals surface area contributed by atoms with Gasteiger partial charge >= 0.3 is 6.03 Å². The Morgan fingerprint density at radius 2 is 1.87 bits per heavy atom. The van der Waals surface area contributed by atoms with Crippen molar-refractivity contribution < 1.29 is 18.7 Å². The number of hydrogen-bond donors (Lipinski definition) is 1.